The van der Waals surface area contributed by atoms with Crippen LogP contribution in [-0.2, 0) is 15.6 Å². The van der Waals surface area contributed by atoms with Gasteiger partial charge in [-0.1, -0.05) is 71.9 Å². The summed E-state index contributed by atoms with van der Waals surface area (Å²) in [5.74, 6) is 0. The molecular formula is C26H35NO5Si. The highest BCUT2D eigenvalue weighted by Crippen LogP contribution is 2.42. The zero-order valence-corrected chi connectivity index (χ0v) is 21.4. The number of aliphatic hydroxyl groups excluding tert-OH is 1. The van der Waals surface area contributed by atoms with E-state index in [9.17, 15) is 15.2 Å². The quantitative estimate of drug-likeness (QED) is 0.329. The Kier molecular flexibility index (Phi) is 7.96. The normalized spacial score (nSPS) is 21.3. The van der Waals surface area contributed by atoms with Crippen LogP contribution in [0.3, 0.4) is 0 Å². The first-order valence-corrected chi connectivity index (χ1v) is 13.9. The first-order chi connectivity index (χ1) is 15.6. The summed E-state index contributed by atoms with van der Waals surface area (Å²) in [6, 6.07) is 9.18. The fraction of sp³-hybridized carbons (Fsp3) is 0.538. The molecule has 1 aromatic carbocycles. The van der Waals surface area contributed by atoms with Crippen LogP contribution in [0, 0.1) is 11.3 Å². The van der Waals surface area contributed by atoms with Crippen molar-refractivity contribution >= 4 is 19.3 Å². The van der Waals surface area contributed by atoms with Crippen molar-refractivity contribution in [2.75, 3.05) is 6.61 Å². The molecular weight excluding hydrogens is 434 g/mol. The summed E-state index contributed by atoms with van der Waals surface area (Å²) in [6.45, 7) is 13.7. The van der Waals surface area contributed by atoms with E-state index in [4.69, 9.17) is 13.6 Å². The first kappa shape index (κ1) is 25.4. The minimum atomic E-state index is -2.11. The van der Waals surface area contributed by atoms with Gasteiger partial charge in [0.2, 0.25) is 0 Å². The Balaban J connectivity index is 1.85. The van der Waals surface area contributed by atoms with Crippen LogP contribution in [0.25, 0.3) is 11.0 Å². The van der Waals surface area contributed by atoms with Crippen molar-refractivity contribution in [2.45, 2.75) is 82.9 Å². The Morgan fingerprint density at radius 3 is 2.33 bits per heavy atom. The van der Waals surface area contributed by atoms with Crippen LogP contribution < -0.4 is 5.63 Å². The third-order valence-corrected chi connectivity index (χ3v) is 13.0. The smallest absolute Gasteiger partial charge is 0.354 e. The average molecular weight is 470 g/mol. The molecule has 0 aliphatic carbocycles. The molecule has 33 heavy (non-hydrogen) atoms. The monoisotopic (exact) mass is 469 g/mol. The second-order valence-electron chi connectivity index (χ2n) is 9.77. The summed E-state index contributed by atoms with van der Waals surface area (Å²) in [4.78, 5) is 12.3. The lowest BCUT2D eigenvalue weighted by molar-refractivity contribution is -0.0765. The van der Waals surface area contributed by atoms with Crippen molar-refractivity contribution < 1.29 is 18.7 Å². The molecule has 0 bridgehead atoms. The van der Waals surface area contributed by atoms with E-state index < -0.39 is 32.3 Å². The molecule has 1 N–H and O–H groups in total. The number of aliphatic hydroxyl groups is 1. The second-order valence-corrected chi connectivity index (χ2v) is 15.2. The molecule has 0 amide bonds. The number of hydrogen-bond donors (Lipinski definition) is 1. The van der Waals surface area contributed by atoms with Gasteiger partial charge in [0.1, 0.15) is 29.4 Å². The second kappa shape index (κ2) is 10.4. The van der Waals surface area contributed by atoms with Crippen LogP contribution in [0.4, 0.5) is 0 Å². The summed E-state index contributed by atoms with van der Waals surface area (Å²) < 4.78 is 18.2. The lowest BCUT2D eigenvalue weighted by Gasteiger charge is -2.43. The number of nitrogens with zero attached hydrogens (tertiary/aromatic N) is 1. The number of benzene rings is 1. The van der Waals surface area contributed by atoms with Crippen molar-refractivity contribution in [2.24, 2.45) is 0 Å². The van der Waals surface area contributed by atoms with Crippen molar-refractivity contribution in [3.05, 3.63) is 58.0 Å². The molecule has 1 aliphatic heterocycles. The van der Waals surface area contributed by atoms with Gasteiger partial charge in [-0.3, -0.25) is 0 Å². The van der Waals surface area contributed by atoms with E-state index in [2.05, 4.69) is 41.5 Å². The van der Waals surface area contributed by atoms with Crippen molar-refractivity contribution in [1.29, 1.82) is 5.26 Å². The number of rotatable bonds is 8. The Morgan fingerprint density at radius 2 is 1.73 bits per heavy atom. The van der Waals surface area contributed by atoms with E-state index in [1.54, 1.807) is 24.3 Å². The molecule has 2 heterocycles. The molecule has 0 radical (unpaired) electrons. The van der Waals surface area contributed by atoms with Gasteiger partial charge >= 0.3 is 5.63 Å². The summed E-state index contributed by atoms with van der Waals surface area (Å²) in [5.41, 5.74) is 1.68. The largest absolute Gasteiger partial charge is 0.422 e. The number of fused-ring (bicyclic) bond motifs is 1. The molecule has 1 aliphatic rings. The van der Waals surface area contributed by atoms with Crippen LogP contribution in [0.2, 0.25) is 16.6 Å². The van der Waals surface area contributed by atoms with Crippen molar-refractivity contribution in [3.8, 4) is 6.07 Å². The van der Waals surface area contributed by atoms with Gasteiger partial charge in [0.25, 0.3) is 0 Å². The van der Waals surface area contributed by atoms with Crippen molar-refractivity contribution in [1.82, 2.24) is 0 Å². The standard InChI is InChI=1S/C26H35NO5Si/c1-16(2)33(17(3)4,18(5)6)30-15-25-23(28)12-11-19(31-25)13-21-20-9-7-8-10-24(20)32-26(29)22(21)14-27/h7-12,16-19,23,25,28H,13,15H2,1-6H3/t19-,23-,25-/m1/s1. The van der Waals surface area contributed by atoms with E-state index >= 15 is 0 Å². The summed E-state index contributed by atoms with van der Waals surface area (Å²) in [7, 11) is -2.11. The Morgan fingerprint density at radius 1 is 1.09 bits per heavy atom. The number of hydrogen-bond acceptors (Lipinski definition) is 6. The number of nitriles is 1. The topological polar surface area (TPSA) is 92.7 Å². The van der Waals surface area contributed by atoms with Crippen LogP contribution in [0.15, 0.2) is 45.6 Å². The fourth-order valence-electron chi connectivity index (χ4n) is 5.43. The highest BCUT2D eigenvalue weighted by Gasteiger charge is 2.46. The highest BCUT2D eigenvalue weighted by molar-refractivity contribution is 6.77. The maximum absolute atomic E-state index is 12.3. The maximum atomic E-state index is 12.3. The van der Waals surface area contributed by atoms with E-state index in [1.165, 1.54) is 0 Å². The Bertz CT molecular complexity index is 1080. The van der Waals surface area contributed by atoms with Gasteiger partial charge in [-0.25, -0.2) is 4.79 Å². The molecule has 3 rings (SSSR count). The lowest BCUT2D eigenvalue weighted by atomic mass is 9.97. The van der Waals surface area contributed by atoms with Crippen molar-refractivity contribution in [3.63, 3.8) is 0 Å². The minimum Gasteiger partial charge on any atom is -0.422 e. The fourth-order valence-corrected chi connectivity index (χ4v) is 10.9. The number of para-hydroxylation sites is 1. The molecule has 1 aromatic heterocycles. The van der Waals surface area contributed by atoms with Crippen LogP contribution >= 0.6 is 0 Å². The molecule has 0 saturated heterocycles. The molecule has 178 valence electrons. The van der Waals surface area contributed by atoms with E-state index in [1.807, 2.05) is 18.2 Å². The summed E-state index contributed by atoms with van der Waals surface area (Å²) >= 11 is 0. The van der Waals surface area contributed by atoms with Gasteiger partial charge in [-0.05, 0) is 28.3 Å². The first-order valence-electron chi connectivity index (χ1n) is 11.7. The Hall–Kier alpha value is -2.24. The lowest BCUT2D eigenvalue weighted by Crippen LogP contribution is -2.51. The van der Waals surface area contributed by atoms with E-state index in [0.717, 1.165) is 5.39 Å². The molecule has 0 saturated carbocycles. The third kappa shape index (κ3) is 4.99. The third-order valence-electron chi connectivity index (χ3n) is 6.90. The SMILES string of the molecule is CC(C)[Si](OC[C@H]1O[C@@H](Cc2c(C#N)c(=O)oc3ccccc23)C=C[C@H]1O)(C(C)C)C(C)C. The molecule has 0 fully saturated rings. The molecule has 3 atom stereocenters. The predicted octanol–water partition coefficient (Wildman–Crippen LogP) is 5.08. The molecule has 0 spiro atoms. The predicted molar refractivity (Wildman–Crippen MR) is 132 cm³/mol. The molecule has 7 heteroatoms. The zero-order chi connectivity index (χ0) is 24.3. The average Bonchev–Trinajstić information content (AvgIpc) is 2.75. The van der Waals surface area contributed by atoms with Gasteiger partial charge in [0.15, 0.2) is 8.32 Å². The Labute approximate surface area is 197 Å². The number of ether oxygens (including phenoxy) is 1. The van der Waals surface area contributed by atoms with Crippen LogP contribution in [0.1, 0.15) is 52.7 Å². The minimum absolute atomic E-state index is 0.00419. The maximum Gasteiger partial charge on any atom is 0.354 e. The van der Waals surface area contributed by atoms with Gasteiger partial charge in [0.05, 0.1) is 12.7 Å². The van der Waals surface area contributed by atoms with Gasteiger partial charge < -0.3 is 18.7 Å². The zero-order valence-electron chi connectivity index (χ0n) is 20.4. The summed E-state index contributed by atoms with van der Waals surface area (Å²) in [5, 5.41) is 20.9. The molecule has 6 nitrogen and oxygen atoms in total. The van der Waals surface area contributed by atoms with Gasteiger partial charge in [-0.2, -0.15) is 5.26 Å². The molecule has 2 aromatic rings. The highest BCUT2D eigenvalue weighted by atomic mass is 28.4. The van der Waals surface area contributed by atoms with E-state index in [-0.39, 0.29) is 5.56 Å². The van der Waals surface area contributed by atoms with Gasteiger partial charge in [0, 0.05) is 11.8 Å². The molecule has 0 unspecified atom stereocenters. The van der Waals surface area contributed by atoms with E-state index in [0.29, 0.717) is 40.8 Å². The van der Waals surface area contributed by atoms with Crippen LogP contribution in [-0.4, -0.2) is 38.3 Å². The van der Waals surface area contributed by atoms with Crippen LogP contribution in [0.5, 0.6) is 0 Å². The summed E-state index contributed by atoms with van der Waals surface area (Å²) in [6.07, 6.45) is 2.17. The van der Waals surface area contributed by atoms with Gasteiger partial charge in [-0.15, -0.1) is 0 Å².